The summed E-state index contributed by atoms with van der Waals surface area (Å²) in [6.45, 7) is 0. The average Bonchev–Trinajstić information content (AvgIpc) is 1.62. The second kappa shape index (κ2) is 2.20. The number of primary amides is 1. The van der Waals surface area contributed by atoms with Gasteiger partial charge in [0.1, 0.15) is 0 Å². The van der Waals surface area contributed by atoms with Crippen LogP contribution in [-0.4, -0.2) is 18.3 Å². The maximum Gasteiger partial charge on any atom is 0.428 e. The Morgan fingerprint density at radius 3 is 1.78 bits per heavy atom. The zero-order valence-electron chi connectivity index (χ0n) is 4.07. The predicted molar refractivity (Wildman–Crippen MR) is 20.1 cm³/mol. The van der Waals surface area contributed by atoms with Crippen molar-refractivity contribution in [3.8, 4) is 0 Å². The Hall–Kier alpha value is -0.810. The molecule has 1 amide bonds. The number of halogens is 4. The van der Waals surface area contributed by atoms with E-state index in [4.69, 9.17) is 0 Å². The van der Waals surface area contributed by atoms with Crippen LogP contribution in [0.3, 0.4) is 0 Å². The van der Waals surface area contributed by atoms with Gasteiger partial charge in [-0.3, -0.25) is 4.79 Å². The number of carbonyl (C=O) groups is 1. The summed E-state index contributed by atoms with van der Waals surface area (Å²) < 4.78 is 44.5. The van der Waals surface area contributed by atoms with Gasteiger partial charge in [0.2, 0.25) is 0 Å². The van der Waals surface area contributed by atoms with Crippen molar-refractivity contribution in [1.82, 2.24) is 0 Å². The van der Waals surface area contributed by atoms with Crippen molar-refractivity contribution in [2.45, 2.75) is 12.3 Å². The van der Waals surface area contributed by atoms with Gasteiger partial charge < -0.3 is 5.73 Å². The van der Waals surface area contributed by atoms with E-state index in [0.717, 1.165) is 0 Å². The highest BCUT2D eigenvalue weighted by atomic mass is 19.4. The quantitative estimate of drug-likeness (QED) is 0.532. The van der Waals surface area contributed by atoms with E-state index in [2.05, 4.69) is 5.73 Å². The Kier molecular flexibility index (Phi) is 2.00. The molecular formula is C3H3F4NO. The molecule has 0 aromatic carbocycles. The Bertz CT molecular complexity index is 119. The molecule has 54 valence electrons. The van der Waals surface area contributed by atoms with Crippen LogP contribution in [0.4, 0.5) is 17.6 Å². The molecule has 2 N–H and O–H groups in total. The number of carbonyl (C=O) groups excluding carboxylic acids is 1. The first-order valence-electron chi connectivity index (χ1n) is 1.86. The molecule has 0 fully saturated rings. The second-order valence-electron chi connectivity index (χ2n) is 1.31. The third kappa shape index (κ3) is 2.29. The third-order valence-corrected chi connectivity index (χ3v) is 0.537. The molecule has 0 radical (unpaired) electrons. The summed E-state index contributed by atoms with van der Waals surface area (Å²) in [5.41, 5.74) is 3.99. The van der Waals surface area contributed by atoms with E-state index in [0.29, 0.717) is 0 Å². The molecule has 2 nitrogen and oxygen atoms in total. The summed E-state index contributed by atoms with van der Waals surface area (Å²) >= 11 is 0. The van der Waals surface area contributed by atoms with E-state index in [9.17, 15) is 22.4 Å². The van der Waals surface area contributed by atoms with Crippen LogP contribution < -0.4 is 5.73 Å². The van der Waals surface area contributed by atoms with Gasteiger partial charge in [-0.05, 0) is 0 Å². The normalized spacial score (nSPS) is 15.1. The van der Waals surface area contributed by atoms with Gasteiger partial charge in [0.25, 0.3) is 12.1 Å². The number of alkyl halides is 4. The fraction of sp³-hybridized carbons (Fsp3) is 0.667. The van der Waals surface area contributed by atoms with E-state index < -0.39 is 18.3 Å². The van der Waals surface area contributed by atoms with Crippen molar-refractivity contribution in [2.75, 3.05) is 0 Å². The van der Waals surface area contributed by atoms with E-state index in [-0.39, 0.29) is 0 Å². The van der Waals surface area contributed by atoms with Gasteiger partial charge in [0.15, 0.2) is 0 Å². The number of hydrogen-bond acceptors (Lipinski definition) is 1. The Balaban J connectivity index is 4.04. The molecule has 0 aromatic rings. The van der Waals surface area contributed by atoms with E-state index in [1.165, 1.54) is 0 Å². The van der Waals surface area contributed by atoms with Gasteiger partial charge in [0.05, 0.1) is 0 Å². The highest BCUT2D eigenvalue weighted by Crippen LogP contribution is 2.21. The van der Waals surface area contributed by atoms with Crippen molar-refractivity contribution >= 4 is 5.91 Å². The van der Waals surface area contributed by atoms with Crippen LogP contribution in [0.15, 0.2) is 0 Å². The van der Waals surface area contributed by atoms with Gasteiger partial charge in [-0.25, -0.2) is 4.39 Å². The Morgan fingerprint density at radius 2 is 1.78 bits per heavy atom. The maximum absolute atomic E-state index is 11.4. The van der Waals surface area contributed by atoms with Crippen molar-refractivity contribution < 1.29 is 22.4 Å². The van der Waals surface area contributed by atoms with E-state index >= 15 is 0 Å². The van der Waals surface area contributed by atoms with Crippen molar-refractivity contribution in [1.29, 1.82) is 0 Å². The van der Waals surface area contributed by atoms with Crippen LogP contribution in [-0.2, 0) is 4.79 Å². The summed E-state index contributed by atoms with van der Waals surface area (Å²) in [7, 11) is 0. The van der Waals surface area contributed by atoms with Crippen LogP contribution >= 0.6 is 0 Å². The Morgan fingerprint density at radius 1 is 1.44 bits per heavy atom. The average molecular weight is 145 g/mol. The SMILES string of the molecule is NC(=O)C(F)C(F)(F)F. The van der Waals surface area contributed by atoms with Gasteiger partial charge in [-0.1, -0.05) is 0 Å². The molecule has 0 heterocycles. The van der Waals surface area contributed by atoms with Crippen LogP contribution in [0.2, 0.25) is 0 Å². The minimum atomic E-state index is -5.16. The molecule has 0 aliphatic heterocycles. The lowest BCUT2D eigenvalue weighted by atomic mass is 10.4. The van der Waals surface area contributed by atoms with Gasteiger partial charge in [-0.15, -0.1) is 0 Å². The zero-order chi connectivity index (χ0) is 7.65. The van der Waals surface area contributed by atoms with E-state index in [1.54, 1.807) is 0 Å². The van der Waals surface area contributed by atoms with Gasteiger partial charge in [-0.2, -0.15) is 13.2 Å². The molecular weight excluding hydrogens is 142 g/mol. The molecule has 9 heavy (non-hydrogen) atoms. The fourth-order valence-electron chi connectivity index (χ4n) is 0.161. The van der Waals surface area contributed by atoms with Crippen LogP contribution in [0.1, 0.15) is 0 Å². The standard InChI is InChI=1S/C3H3F4NO/c4-1(2(8)9)3(5,6)7/h1H,(H2,8,9). The van der Waals surface area contributed by atoms with Gasteiger partial charge in [0, 0.05) is 0 Å². The lowest BCUT2D eigenvalue weighted by molar-refractivity contribution is -0.184. The van der Waals surface area contributed by atoms with Crippen molar-refractivity contribution in [3.63, 3.8) is 0 Å². The number of rotatable bonds is 1. The molecule has 0 saturated heterocycles. The molecule has 1 atom stereocenters. The monoisotopic (exact) mass is 145 g/mol. The maximum atomic E-state index is 11.4. The zero-order valence-corrected chi connectivity index (χ0v) is 4.07. The summed E-state index contributed by atoms with van der Waals surface area (Å²) in [5, 5.41) is 0. The summed E-state index contributed by atoms with van der Waals surface area (Å²) in [6.07, 6.45) is -8.70. The first-order chi connectivity index (χ1) is 3.85. The largest absolute Gasteiger partial charge is 0.428 e. The molecule has 0 spiro atoms. The Labute approximate surface area is 47.6 Å². The molecule has 0 saturated carbocycles. The second-order valence-corrected chi connectivity index (χ2v) is 1.31. The molecule has 0 aromatic heterocycles. The molecule has 1 unspecified atom stereocenters. The van der Waals surface area contributed by atoms with Crippen LogP contribution in [0.25, 0.3) is 0 Å². The molecule has 0 aliphatic carbocycles. The number of hydrogen-bond donors (Lipinski definition) is 1. The minimum absolute atomic E-state index is 2.01. The summed E-state index contributed by atoms with van der Waals surface area (Å²) in [5.74, 6) is -2.01. The predicted octanol–water partition coefficient (Wildman–Crippen LogP) is 0.372. The first kappa shape index (κ1) is 8.19. The third-order valence-electron chi connectivity index (χ3n) is 0.537. The molecule has 0 rings (SSSR count). The topological polar surface area (TPSA) is 43.1 Å². The molecule has 6 heteroatoms. The lowest BCUT2D eigenvalue weighted by Gasteiger charge is -2.06. The number of nitrogens with two attached hydrogens (primary N) is 1. The van der Waals surface area contributed by atoms with Gasteiger partial charge >= 0.3 is 6.18 Å². The lowest BCUT2D eigenvalue weighted by Crippen LogP contribution is -2.37. The summed E-state index contributed by atoms with van der Waals surface area (Å²) in [6, 6.07) is 0. The van der Waals surface area contributed by atoms with Crippen LogP contribution in [0, 0.1) is 0 Å². The number of amides is 1. The highest BCUT2D eigenvalue weighted by molar-refractivity contribution is 5.79. The van der Waals surface area contributed by atoms with Crippen LogP contribution in [0.5, 0.6) is 0 Å². The van der Waals surface area contributed by atoms with Crippen molar-refractivity contribution in [3.05, 3.63) is 0 Å². The highest BCUT2D eigenvalue weighted by Gasteiger charge is 2.44. The minimum Gasteiger partial charge on any atom is -0.367 e. The summed E-state index contributed by atoms with van der Waals surface area (Å²) in [4.78, 5) is 9.47. The molecule has 0 aliphatic rings. The van der Waals surface area contributed by atoms with Crippen molar-refractivity contribution in [2.24, 2.45) is 5.73 Å². The first-order valence-corrected chi connectivity index (χ1v) is 1.86. The smallest absolute Gasteiger partial charge is 0.367 e. The van der Waals surface area contributed by atoms with E-state index in [1.807, 2.05) is 0 Å². The molecule has 0 bridgehead atoms. The fourth-order valence-corrected chi connectivity index (χ4v) is 0.161.